The first kappa shape index (κ1) is 24.9. The van der Waals surface area contributed by atoms with Crippen LogP contribution < -0.4 is 0 Å². The maximum atomic E-state index is 13.7. The minimum Gasteiger partial charge on any atom is -0.300 e. The van der Waals surface area contributed by atoms with E-state index in [1.807, 2.05) is 24.3 Å². The number of alkyl halides is 6. The van der Waals surface area contributed by atoms with Crippen LogP contribution in [0.5, 0.6) is 0 Å². The van der Waals surface area contributed by atoms with Crippen molar-refractivity contribution in [3.05, 3.63) is 100 Å². The third kappa shape index (κ3) is 5.74. The number of halogens is 6. The number of hydrogen-bond acceptors (Lipinski definition) is 2. The molecule has 35 heavy (non-hydrogen) atoms. The Balaban J connectivity index is 1.66. The normalized spacial score (nSPS) is 17.0. The molecule has 0 amide bonds. The molecule has 0 N–H and O–H groups in total. The fraction of sp³-hybridized carbons (Fsp3) is 0.333. The predicted octanol–water partition coefficient (Wildman–Crippen LogP) is 7.72. The molecular weight excluding hydrogens is 468 g/mol. The molecule has 1 aliphatic rings. The van der Waals surface area contributed by atoms with Crippen LogP contribution in [0.25, 0.3) is 0 Å². The molecule has 2 nitrogen and oxygen atoms in total. The van der Waals surface area contributed by atoms with Gasteiger partial charge in [-0.1, -0.05) is 36.4 Å². The molecule has 0 radical (unpaired) electrons. The second-order valence-corrected chi connectivity index (χ2v) is 8.84. The maximum Gasteiger partial charge on any atom is 0.418 e. The Morgan fingerprint density at radius 3 is 2.31 bits per heavy atom. The molecular formula is C27H23F6NO. The highest BCUT2D eigenvalue weighted by Crippen LogP contribution is 2.40. The number of aromatic nitrogens is 1. The van der Waals surface area contributed by atoms with Crippen LogP contribution in [0.2, 0.25) is 0 Å². The molecule has 2 aromatic carbocycles. The monoisotopic (exact) mass is 491 g/mol. The third-order valence-corrected chi connectivity index (χ3v) is 6.51. The lowest BCUT2D eigenvalue weighted by Crippen LogP contribution is -2.19. The molecule has 0 saturated carbocycles. The molecule has 2 atom stereocenters. The number of carbonyl (C=O) groups excluding carboxylic acids is 1. The second kappa shape index (κ2) is 9.84. The minimum atomic E-state index is -4.72. The maximum absolute atomic E-state index is 13.7. The van der Waals surface area contributed by atoms with Crippen molar-refractivity contribution in [3.63, 3.8) is 0 Å². The van der Waals surface area contributed by atoms with E-state index in [4.69, 9.17) is 0 Å². The van der Waals surface area contributed by atoms with Crippen molar-refractivity contribution in [2.45, 2.75) is 56.3 Å². The van der Waals surface area contributed by atoms with E-state index in [0.29, 0.717) is 0 Å². The van der Waals surface area contributed by atoms with E-state index in [0.717, 1.165) is 61.2 Å². The van der Waals surface area contributed by atoms with Gasteiger partial charge in [0.15, 0.2) is 0 Å². The highest BCUT2D eigenvalue weighted by atomic mass is 19.4. The first-order valence-electron chi connectivity index (χ1n) is 11.3. The molecule has 1 unspecified atom stereocenters. The number of hydrogen-bond donors (Lipinski definition) is 0. The summed E-state index contributed by atoms with van der Waals surface area (Å²) in [6.45, 7) is 0. The summed E-state index contributed by atoms with van der Waals surface area (Å²) >= 11 is 0. The van der Waals surface area contributed by atoms with Crippen LogP contribution in [-0.4, -0.2) is 10.8 Å². The number of Topliss-reactive ketones (excluding diaryl/α,β-unsaturated/α-hetero) is 1. The van der Waals surface area contributed by atoms with Crippen molar-refractivity contribution in [1.29, 1.82) is 0 Å². The largest absolute Gasteiger partial charge is 0.418 e. The summed E-state index contributed by atoms with van der Waals surface area (Å²) in [6.07, 6.45) is -5.62. The van der Waals surface area contributed by atoms with E-state index in [9.17, 15) is 31.1 Å². The third-order valence-electron chi connectivity index (χ3n) is 6.51. The zero-order valence-electron chi connectivity index (χ0n) is 18.7. The average molecular weight is 491 g/mol. The van der Waals surface area contributed by atoms with Crippen LogP contribution in [0, 0.1) is 0 Å². The van der Waals surface area contributed by atoms with Gasteiger partial charge < -0.3 is 0 Å². The van der Waals surface area contributed by atoms with Crippen LogP contribution in [0.15, 0.2) is 66.9 Å². The average Bonchev–Trinajstić information content (AvgIpc) is 2.82. The lowest BCUT2D eigenvalue weighted by molar-refractivity contribution is -0.139. The van der Waals surface area contributed by atoms with Crippen molar-refractivity contribution >= 4 is 5.78 Å². The SMILES string of the molecule is O=C(CC1CCCc2ccccc21)C[C@@H](c1ccc(C(F)(F)F)cc1)c1ncccc1C(F)(F)F. The summed E-state index contributed by atoms with van der Waals surface area (Å²) in [5, 5.41) is 0. The van der Waals surface area contributed by atoms with Gasteiger partial charge in [0, 0.05) is 25.0 Å². The molecule has 184 valence electrons. The van der Waals surface area contributed by atoms with Gasteiger partial charge in [-0.15, -0.1) is 0 Å². The Bertz CT molecular complexity index is 1180. The molecule has 8 heteroatoms. The van der Waals surface area contributed by atoms with E-state index in [-0.39, 0.29) is 35.8 Å². The lowest BCUT2D eigenvalue weighted by atomic mass is 9.78. The van der Waals surface area contributed by atoms with Gasteiger partial charge in [0.25, 0.3) is 0 Å². The topological polar surface area (TPSA) is 30.0 Å². The van der Waals surface area contributed by atoms with Gasteiger partial charge in [0.05, 0.1) is 16.8 Å². The van der Waals surface area contributed by atoms with Crippen molar-refractivity contribution in [2.24, 2.45) is 0 Å². The summed E-state index contributed by atoms with van der Waals surface area (Å²) in [5.41, 5.74) is 0.145. The Morgan fingerprint density at radius 2 is 1.63 bits per heavy atom. The number of carbonyl (C=O) groups is 1. The second-order valence-electron chi connectivity index (χ2n) is 8.84. The van der Waals surface area contributed by atoms with Crippen LogP contribution in [0.1, 0.15) is 71.0 Å². The lowest BCUT2D eigenvalue weighted by Gasteiger charge is -2.26. The molecule has 0 bridgehead atoms. The Morgan fingerprint density at radius 1 is 0.914 bits per heavy atom. The molecule has 0 fully saturated rings. The van der Waals surface area contributed by atoms with Crippen molar-refractivity contribution in [2.75, 3.05) is 0 Å². The van der Waals surface area contributed by atoms with Crippen LogP contribution in [0.3, 0.4) is 0 Å². The number of fused-ring (bicyclic) bond motifs is 1. The first-order valence-corrected chi connectivity index (χ1v) is 11.3. The summed E-state index contributed by atoms with van der Waals surface area (Å²) in [4.78, 5) is 17.1. The Hall–Kier alpha value is -3.16. The fourth-order valence-corrected chi connectivity index (χ4v) is 4.86. The molecule has 1 heterocycles. The molecule has 0 spiro atoms. The first-order chi connectivity index (χ1) is 16.5. The molecule has 1 aromatic heterocycles. The number of rotatable bonds is 6. The van der Waals surface area contributed by atoms with E-state index >= 15 is 0 Å². The van der Waals surface area contributed by atoms with Gasteiger partial charge >= 0.3 is 12.4 Å². The highest BCUT2D eigenvalue weighted by Gasteiger charge is 2.37. The van der Waals surface area contributed by atoms with Gasteiger partial charge in [-0.2, -0.15) is 26.3 Å². The van der Waals surface area contributed by atoms with E-state index in [1.165, 1.54) is 11.8 Å². The molecule has 0 aliphatic heterocycles. The zero-order chi connectivity index (χ0) is 25.2. The van der Waals surface area contributed by atoms with Gasteiger partial charge in [0.1, 0.15) is 5.78 Å². The predicted molar refractivity (Wildman–Crippen MR) is 119 cm³/mol. The van der Waals surface area contributed by atoms with Crippen LogP contribution in [-0.2, 0) is 23.6 Å². The molecule has 3 aromatic rings. The zero-order valence-corrected chi connectivity index (χ0v) is 18.7. The number of benzene rings is 2. The van der Waals surface area contributed by atoms with Crippen molar-refractivity contribution in [1.82, 2.24) is 4.98 Å². The smallest absolute Gasteiger partial charge is 0.300 e. The van der Waals surface area contributed by atoms with E-state index in [1.54, 1.807) is 0 Å². The molecule has 0 saturated heterocycles. The number of aryl methyl sites for hydroxylation is 1. The summed E-state index contributed by atoms with van der Waals surface area (Å²) in [7, 11) is 0. The van der Waals surface area contributed by atoms with E-state index < -0.39 is 29.4 Å². The van der Waals surface area contributed by atoms with Crippen molar-refractivity contribution in [3.8, 4) is 0 Å². The van der Waals surface area contributed by atoms with Gasteiger partial charge in [-0.25, -0.2) is 0 Å². The van der Waals surface area contributed by atoms with E-state index in [2.05, 4.69) is 4.98 Å². The summed E-state index contributed by atoms with van der Waals surface area (Å²) in [6, 6.07) is 13.7. The van der Waals surface area contributed by atoms with Crippen LogP contribution in [0.4, 0.5) is 26.3 Å². The fourth-order valence-electron chi connectivity index (χ4n) is 4.86. The number of nitrogens with zero attached hydrogens (tertiary/aromatic N) is 1. The Kier molecular flexibility index (Phi) is 7.01. The minimum absolute atomic E-state index is 0.0356. The van der Waals surface area contributed by atoms with Gasteiger partial charge in [0.2, 0.25) is 0 Å². The van der Waals surface area contributed by atoms with Crippen molar-refractivity contribution < 1.29 is 31.1 Å². The molecule has 4 rings (SSSR count). The quantitative estimate of drug-likeness (QED) is 0.331. The Labute approximate surface area is 199 Å². The van der Waals surface area contributed by atoms with Gasteiger partial charge in [-0.05, 0) is 66.1 Å². The summed E-state index contributed by atoms with van der Waals surface area (Å²) in [5.74, 6) is -1.41. The highest BCUT2D eigenvalue weighted by molar-refractivity contribution is 5.81. The summed E-state index contributed by atoms with van der Waals surface area (Å²) < 4.78 is 80.4. The number of ketones is 1. The van der Waals surface area contributed by atoms with Gasteiger partial charge in [-0.3, -0.25) is 9.78 Å². The number of pyridine rings is 1. The molecule has 1 aliphatic carbocycles. The standard InChI is InChI=1S/C27H23F6NO/c28-26(29,30)20-12-10-18(11-13-20)23(25-24(27(31,32)33)9-4-14-34-25)16-21(35)15-19-7-3-6-17-5-1-2-8-22(17)19/h1-2,4-5,8-14,19,23H,3,6-7,15-16H2/t19?,23-/m0/s1. The van der Waals surface area contributed by atoms with Crippen LogP contribution >= 0.6 is 0 Å².